The Labute approximate surface area is 122 Å². The minimum absolute atomic E-state index is 0.0840. The van der Waals surface area contributed by atoms with Crippen molar-refractivity contribution in [2.45, 2.75) is 19.8 Å². The molecule has 0 saturated heterocycles. The number of hydrogen-bond donors (Lipinski definition) is 1. The highest BCUT2D eigenvalue weighted by Crippen LogP contribution is 2.31. The lowest BCUT2D eigenvalue weighted by molar-refractivity contribution is 0.465. The zero-order valence-corrected chi connectivity index (χ0v) is 12.0. The highest BCUT2D eigenvalue weighted by Gasteiger charge is 2.10. The normalized spacial score (nSPS) is 11.2. The number of hydrogen-bond acceptors (Lipinski definition) is 3. The Morgan fingerprint density at radius 1 is 1.05 bits per heavy atom. The van der Waals surface area contributed by atoms with Crippen molar-refractivity contribution in [3.8, 4) is 17.1 Å². The molecule has 3 heteroatoms. The number of benzene rings is 2. The van der Waals surface area contributed by atoms with Crippen molar-refractivity contribution in [3.63, 3.8) is 0 Å². The lowest BCUT2D eigenvalue weighted by Crippen LogP contribution is -2.00. The highest BCUT2D eigenvalue weighted by molar-refractivity contribution is 5.78. The van der Waals surface area contributed by atoms with E-state index in [2.05, 4.69) is 0 Å². The fraction of sp³-hybridized carbons (Fsp3) is 0.167. The second kappa shape index (κ2) is 5.09. The van der Waals surface area contributed by atoms with Crippen LogP contribution in [0.25, 0.3) is 22.3 Å². The third-order valence-corrected chi connectivity index (χ3v) is 3.57. The maximum Gasteiger partial charge on any atom is 0.193 e. The zero-order valence-electron chi connectivity index (χ0n) is 12.0. The van der Waals surface area contributed by atoms with Gasteiger partial charge in [-0.2, -0.15) is 0 Å². The first kappa shape index (κ1) is 13.4. The summed E-state index contributed by atoms with van der Waals surface area (Å²) in [6.07, 6.45) is 0. The minimum Gasteiger partial charge on any atom is -0.508 e. The van der Waals surface area contributed by atoms with Gasteiger partial charge in [-0.1, -0.05) is 38.1 Å². The zero-order chi connectivity index (χ0) is 15.0. The van der Waals surface area contributed by atoms with E-state index >= 15 is 0 Å². The molecule has 3 nitrogen and oxygen atoms in total. The van der Waals surface area contributed by atoms with Gasteiger partial charge in [0, 0.05) is 11.6 Å². The average Bonchev–Trinajstić information content (AvgIpc) is 2.46. The Balaban J connectivity index is 2.17. The van der Waals surface area contributed by atoms with Gasteiger partial charge in [0.1, 0.15) is 17.1 Å². The summed E-state index contributed by atoms with van der Waals surface area (Å²) in [5.41, 5.74) is 2.04. The van der Waals surface area contributed by atoms with Crippen molar-refractivity contribution in [2.24, 2.45) is 0 Å². The van der Waals surface area contributed by atoms with Gasteiger partial charge in [-0.3, -0.25) is 4.79 Å². The van der Waals surface area contributed by atoms with E-state index in [-0.39, 0.29) is 17.1 Å². The molecule has 0 saturated carbocycles. The predicted molar refractivity (Wildman–Crippen MR) is 83.7 cm³/mol. The Morgan fingerprint density at radius 2 is 1.81 bits per heavy atom. The molecule has 0 aliphatic rings. The molecular formula is C18H16O3. The summed E-state index contributed by atoms with van der Waals surface area (Å²) in [6, 6.07) is 14.0. The lowest BCUT2D eigenvalue weighted by Gasteiger charge is -2.10. The Morgan fingerprint density at radius 3 is 2.52 bits per heavy atom. The van der Waals surface area contributed by atoms with Gasteiger partial charge in [-0.25, -0.2) is 0 Å². The summed E-state index contributed by atoms with van der Waals surface area (Å²) in [7, 11) is 0. The summed E-state index contributed by atoms with van der Waals surface area (Å²) >= 11 is 0. The largest absolute Gasteiger partial charge is 0.508 e. The van der Waals surface area contributed by atoms with Crippen LogP contribution >= 0.6 is 0 Å². The molecule has 2 aromatic carbocycles. The molecule has 21 heavy (non-hydrogen) atoms. The van der Waals surface area contributed by atoms with Crippen molar-refractivity contribution in [3.05, 3.63) is 64.3 Å². The molecule has 0 aliphatic carbocycles. The number of phenolic OH excluding ortho intramolecular Hbond substituents is 1. The summed E-state index contributed by atoms with van der Waals surface area (Å²) in [5, 5.41) is 10.6. The van der Waals surface area contributed by atoms with E-state index in [0.29, 0.717) is 22.3 Å². The summed E-state index contributed by atoms with van der Waals surface area (Å²) in [6.45, 7) is 4.04. The van der Waals surface area contributed by atoms with Crippen molar-refractivity contribution < 1.29 is 9.52 Å². The molecule has 0 amide bonds. The van der Waals surface area contributed by atoms with Crippen LogP contribution in [0.4, 0.5) is 0 Å². The molecule has 3 aromatic rings. The molecule has 0 bridgehead atoms. The lowest BCUT2D eigenvalue weighted by atomic mass is 9.99. The van der Waals surface area contributed by atoms with E-state index in [1.807, 2.05) is 38.1 Å². The van der Waals surface area contributed by atoms with Gasteiger partial charge in [0.25, 0.3) is 0 Å². The van der Waals surface area contributed by atoms with E-state index < -0.39 is 0 Å². The van der Waals surface area contributed by atoms with E-state index in [0.717, 1.165) is 5.56 Å². The summed E-state index contributed by atoms with van der Waals surface area (Å²) < 4.78 is 5.77. The van der Waals surface area contributed by atoms with Crippen molar-refractivity contribution >= 4 is 11.0 Å². The first-order chi connectivity index (χ1) is 10.1. The van der Waals surface area contributed by atoms with E-state index in [1.54, 1.807) is 18.2 Å². The van der Waals surface area contributed by atoms with Crippen molar-refractivity contribution in [1.29, 1.82) is 0 Å². The third kappa shape index (κ3) is 2.42. The van der Waals surface area contributed by atoms with Gasteiger partial charge in [0.05, 0.1) is 5.39 Å². The molecule has 0 radical (unpaired) electrons. The molecule has 0 spiro atoms. The second-order valence-corrected chi connectivity index (χ2v) is 5.40. The molecule has 0 unspecified atom stereocenters. The molecule has 1 heterocycles. The van der Waals surface area contributed by atoms with Crippen LogP contribution in [0.1, 0.15) is 25.3 Å². The van der Waals surface area contributed by atoms with E-state index in [1.165, 1.54) is 6.07 Å². The van der Waals surface area contributed by atoms with Crippen LogP contribution in [0.2, 0.25) is 0 Å². The average molecular weight is 280 g/mol. The van der Waals surface area contributed by atoms with Crippen LogP contribution in [0, 0.1) is 0 Å². The quantitative estimate of drug-likeness (QED) is 0.761. The van der Waals surface area contributed by atoms with Crippen LogP contribution in [-0.2, 0) is 0 Å². The fourth-order valence-corrected chi connectivity index (χ4v) is 2.43. The van der Waals surface area contributed by atoms with Crippen LogP contribution in [0.5, 0.6) is 5.75 Å². The highest BCUT2D eigenvalue weighted by atomic mass is 16.3. The number of para-hydroxylation sites is 1. The number of rotatable bonds is 2. The maximum atomic E-state index is 12.1. The molecular weight excluding hydrogens is 264 g/mol. The third-order valence-electron chi connectivity index (χ3n) is 3.57. The molecule has 1 aromatic heterocycles. The van der Waals surface area contributed by atoms with Gasteiger partial charge in [0.15, 0.2) is 5.43 Å². The fourth-order valence-electron chi connectivity index (χ4n) is 2.43. The van der Waals surface area contributed by atoms with E-state index in [9.17, 15) is 9.90 Å². The Kier molecular flexibility index (Phi) is 3.26. The maximum absolute atomic E-state index is 12.1. The monoisotopic (exact) mass is 280 g/mol. The standard InChI is InChI=1S/C18H16O3/c1-11(2)13-8-7-12(9-15(13)19)18-10-16(20)14-5-3-4-6-17(14)21-18/h3-11,19H,1-2H3. The van der Waals surface area contributed by atoms with Crippen LogP contribution in [0.3, 0.4) is 0 Å². The predicted octanol–water partition coefficient (Wildman–Crippen LogP) is 4.29. The van der Waals surface area contributed by atoms with Crippen LogP contribution in [-0.4, -0.2) is 5.11 Å². The minimum atomic E-state index is -0.0840. The Hall–Kier alpha value is -2.55. The van der Waals surface area contributed by atoms with Crippen LogP contribution < -0.4 is 5.43 Å². The molecule has 0 aliphatic heterocycles. The molecule has 0 atom stereocenters. The Bertz CT molecular complexity index is 860. The van der Waals surface area contributed by atoms with E-state index in [4.69, 9.17) is 4.42 Å². The first-order valence-electron chi connectivity index (χ1n) is 6.92. The molecule has 0 fully saturated rings. The van der Waals surface area contributed by atoms with Crippen LogP contribution in [0.15, 0.2) is 57.7 Å². The number of fused-ring (bicyclic) bond motifs is 1. The molecule has 106 valence electrons. The van der Waals surface area contributed by atoms with Gasteiger partial charge in [0.2, 0.25) is 0 Å². The summed E-state index contributed by atoms with van der Waals surface area (Å²) in [4.78, 5) is 12.1. The molecule has 3 rings (SSSR count). The number of phenols is 1. The number of aromatic hydroxyl groups is 1. The van der Waals surface area contributed by atoms with Gasteiger partial charge < -0.3 is 9.52 Å². The first-order valence-corrected chi connectivity index (χ1v) is 6.92. The summed E-state index contributed by atoms with van der Waals surface area (Å²) in [5.74, 6) is 0.922. The van der Waals surface area contributed by atoms with Gasteiger partial charge in [-0.15, -0.1) is 0 Å². The molecule has 1 N–H and O–H groups in total. The van der Waals surface area contributed by atoms with Crippen molar-refractivity contribution in [1.82, 2.24) is 0 Å². The van der Waals surface area contributed by atoms with Crippen molar-refractivity contribution in [2.75, 3.05) is 0 Å². The smallest absolute Gasteiger partial charge is 0.193 e. The second-order valence-electron chi connectivity index (χ2n) is 5.40. The van der Waals surface area contributed by atoms with Gasteiger partial charge >= 0.3 is 0 Å². The SMILES string of the molecule is CC(C)c1ccc(-c2cc(=O)c3ccccc3o2)cc1O. The topological polar surface area (TPSA) is 50.4 Å². The van der Waals surface area contributed by atoms with Gasteiger partial charge in [-0.05, 0) is 29.7 Å².